The van der Waals surface area contributed by atoms with E-state index in [1.54, 1.807) is 12.1 Å². The molecule has 23 heavy (non-hydrogen) atoms. The zero-order valence-corrected chi connectivity index (χ0v) is 14.8. The molecule has 1 saturated heterocycles. The van der Waals surface area contributed by atoms with Crippen LogP contribution in [0.3, 0.4) is 0 Å². The summed E-state index contributed by atoms with van der Waals surface area (Å²) in [6, 6.07) is 5.24. The molecule has 0 amide bonds. The lowest BCUT2D eigenvalue weighted by atomic mass is 9.77. The molecule has 0 radical (unpaired) electrons. The lowest BCUT2D eigenvalue weighted by molar-refractivity contribution is 0.00578. The van der Waals surface area contributed by atoms with E-state index < -0.39 is 7.12 Å². The Labute approximate surface area is 138 Å². The average Bonchev–Trinajstić information content (AvgIpc) is 2.69. The molecule has 6 heteroatoms. The summed E-state index contributed by atoms with van der Waals surface area (Å²) in [5.41, 5.74) is 1.15. The van der Waals surface area contributed by atoms with Gasteiger partial charge in [0.2, 0.25) is 0 Å². The predicted octanol–water partition coefficient (Wildman–Crippen LogP) is 2.64. The summed E-state index contributed by atoms with van der Waals surface area (Å²) in [6.45, 7) is 8.78. The Morgan fingerprint density at radius 2 is 1.87 bits per heavy atom. The van der Waals surface area contributed by atoms with Gasteiger partial charge in [-0.3, -0.25) is 0 Å². The first kappa shape index (κ1) is 17.9. The highest BCUT2D eigenvalue weighted by molar-refractivity contribution is 6.55. The third-order valence-electron chi connectivity index (χ3n) is 4.49. The Morgan fingerprint density at radius 1 is 1.26 bits per heavy atom. The van der Waals surface area contributed by atoms with Crippen LogP contribution in [0, 0.1) is 0 Å². The summed E-state index contributed by atoms with van der Waals surface area (Å²) in [5.74, 6) is 0.562. The van der Waals surface area contributed by atoms with Gasteiger partial charge < -0.3 is 24.5 Å². The standard InChI is InChI=1S/C17H26BNO4/c1-16(2)17(3,4)23-18(22-16)13(11-19-5)9-12-7-8-14(20)15(10-12)21-6/h7-10,19-20H,11H2,1-6H3. The van der Waals surface area contributed by atoms with E-state index in [0.717, 1.165) is 11.0 Å². The molecule has 0 aromatic heterocycles. The van der Waals surface area contributed by atoms with E-state index in [9.17, 15) is 5.11 Å². The molecule has 1 heterocycles. The minimum Gasteiger partial charge on any atom is -0.504 e. The summed E-state index contributed by atoms with van der Waals surface area (Å²) < 4.78 is 17.4. The number of hydrogen-bond acceptors (Lipinski definition) is 5. The smallest absolute Gasteiger partial charge is 0.491 e. The number of rotatable bonds is 5. The van der Waals surface area contributed by atoms with Crippen molar-refractivity contribution in [3.05, 3.63) is 29.2 Å². The monoisotopic (exact) mass is 319 g/mol. The largest absolute Gasteiger partial charge is 0.504 e. The van der Waals surface area contributed by atoms with Gasteiger partial charge >= 0.3 is 7.12 Å². The minimum absolute atomic E-state index is 0.121. The summed E-state index contributed by atoms with van der Waals surface area (Å²) in [5, 5.41) is 12.9. The van der Waals surface area contributed by atoms with Crippen LogP contribution in [0.4, 0.5) is 0 Å². The van der Waals surface area contributed by atoms with Crippen molar-refractivity contribution < 1.29 is 19.2 Å². The van der Waals surface area contributed by atoms with Gasteiger partial charge in [0.25, 0.3) is 0 Å². The SMILES string of the molecule is CNCC(=Cc1ccc(O)c(OC)c1)B1OC(C)(C)C(C)(C)O1. The van der Waals surface area contributed by atoms with Crippen molar-refractivity contribution in [2.24, 2.45) is 0 Å². The Morgan fingerprint density at radius 3 is 2.39 bits per heavy atom. The zero-order chi connectivity index (χ0) is 17.3. The molecule has 1 aromatic carbocycles. The fourth-order valence-corrected chi connectivity index (χ4v) is 2.40. The van der Waals surface area contributed by atoms with Gasteiger partial charge in [-0.05, 0) is 57.9 Å². The van der Waals surface area contributed by atoms with Crippen LogP contribution in [0.5, 0.6) is 11.5 Å². The second kappa shape index (κ2) is 6.55. The van der Waals surface area contributed by atoms with Gasteiger partial charge in [-0.2, -0.15) is 0 Å². The highest BCUT2D eigenvalue weighted by Crippen LogP contribution is 2.39. The van der Waals surface area contributed by atoms with Crippen molar-refractivity contribution in [3.8, 4) is 11.5 Å². The molecule has 0 atom stereocenters. The molecule has 0 spiro atoms. The Balaban J connectivity index is 2.32. The number of nitrogens with one attached hydrogen (secondary N) is 1. The molecular formula is C17H26BNO4. The maximum Gasteiger partial charge on any atom is 0.491 e. The molecule has 1 aromatic rings. The van der Waals surface area contributed by atoms with Crippen molar-refractivity contribution in [3.63, 3.8) is 0 Å². The molecule has 1 aliphatic rings. The van der Waals surface area contributed by atoms with E-state index in [0.29, 0.717) is 12.3 Å². The van der Waals surface area contributed by atoms with E-state index in [1.165, 1.54) is 7.11 Å². The van der Waals surface area contributed by atoms with Crippen molar-refractivity contribution in [2.45, 2.75) is 38.9 Å². The van der Waals surface area contributed by atoms with Gasteiger partial charge in [0.1, 0.15) is 0 Å². The third-order valence-corrected chi connectivity index (χ3v) is 4.49. The van der Waals surface area contributed by atoms with E-state index in [-0.39, 0.29) is 17.0 Å². The highest BCUT2D eigenvalue weighted by atomic mass is 16.7. The Hall–Kier alpha value is -1.50. The maximum absolute atomic E-state index is 9.71. The van der Waals surface area contributed by atoms with E-state index in [2.05, 4.69) is 5.32 Å². The van der Waals surface area contributed by atoms with E-state index in [1.807, 2.05) is 46.9 Å². The minimum atomic E-state index is -0.410. The summed E-state index contributed by atoms with van der Waals surface area (Å²) in [7, 11) is 3.01. The summed E-state index contributed by atoms with van der Waals surface area (Å²) in [6.07, 6.45) is 2.00. The van der Waals surface area contributed by atoms with Gasteiger partial charge in [-0.15, -0.1) is 0 Å². The molecule has 0 aliphatic carbocycles. The van der Waals surface area contributed by atoms with Crippen LogP contribution >= 0.6 is 0 Å². The van der Waals surface area contributed by atoms with E-state index in [4.69, 9.17) is 14.0 Å². The topological polar surface area (TPSA) is 60.0 Å². The van der Waals surface area contributed by atoms with Crippen LogP contribution < -0.4 is 10.1 Å². The molecule has 0 unspecified atom stereocenters. The number of hydrogen-bond donors (Lipinski definition) is 2. The number of benzene rings is 1. The molecule has 0 bridgehead atoms. The normalized spacial score (nSPS) is 19.9. The van der Waals surface area contributed by atoms with Gasteiger partial charge in [0.05, 0.1) is 18.3 Å². The van der Waals surface area contributed by atoms with Crippen LogP contribution in [0.1, 0.15) is 33.3 Å². The van der Waals surface area contributed by atoms with Gasteiger partial charge in [-0.1, -0.05) is 12.1 Å². The van der Waals surface area contributed by atoms with Crippen LogP contribution in [0.15, 0.2) is 23.7 Å². The Kier molecular flexibility index (Phi) is 5.09. The molecule has 2 rings (SSSR count). The average molecular weight is 319 g/mol. The molecule has 1 aliphatic heterocycles. The fraction of sp³-hybridized carbons (Fsp3) is 0.529. The third kappa shape index (κ3) is 3.71. The number of ether oxygens (including phenoxy) is 1. The second-order valence-corrected chi connectivity index (χ2v) is 6.77. The van der Waals surface area contributed by atoms with Gasteiger partial charge in [-0.25, -0.2) is 0 Å². The molecular weight excluding hydrogens is 293 g/mol. The first-order valence-electron chi connectivity index (χ1n) is 7.78. The van der Waals surface area contributed by atoms with Gasteiger partial charge in [0.15, 0.2) is 11.5 Å². The molecule has 126 valence electrons. The predicted molar refractivity (Wildman–Crippen MR) is 92.6 cm³/mol. The molecule has 1 fully saturated rings. The lowest BCUT2D eigenvalue weighted by Gasteiger charge is -2.32. The van der Waals surface area contributed by atoms with Crippen LogP contribution in [0.25, 0.3) is 6.08 Å². The fourth-order valence-electron chi connectivity index (χ4n) is 2.40. The van der Waals surface area contributed by atoms with Crippen molar-refractivity contribution in [1.29, 1.82) is 0 Å². The molecule has 5 nitrogen and oxygen atoms in total. The number of aromatic hydroxyl groups is 1. The summed E-state index contributed by atoms with van der Waals surface area (Å²) >= 11 is 0. The van der Waals surface area contributed by atoms with Crippen molar-refractivity contribution in [1.82, 2.24) is 5.32 Å². The number of phenols is 1. The summed E-state index contributed by atoms with van der Waals surface area (Å²) in [4.78, 5) is 0. The van der Waals surface area contributed by atoms with Crippen LogP contribution in [-0.2, 0) is 9.31 Å². The molecule has 0 saturated carbocycles. The second-order valence-electron chi connectivity index (χ2n) is 6.77. The van der Waals surface area contributed by atoms with E-state index >= 15 is 0 Å². The number of phenolic OH excluding ortho intramolecular Hbond substituents is 1. The number of methoxy groups -OCH3 is 1. The first-order chi connectivity index (χ1) is 10.7. The quantitative estimate of drug-likeness (QED) is 0.817. The van der Waals surface area contributed by atoms with Crippen molar-refractivity contribution in [2.75, 3.05) is 20.7 Å². The lowest BCUT2D eigenvalue weighted by Crippen LogP contribution is -2.41. The van der Waals surface area contributed by atoms with Crippen molar-refractivity contribution >= 4 is 13.2 Å². The number of likely N-dealkylation sites (N-methyl/N-ethyl adjacent to an activating group) is 1. The highest BCUT2D eigenvalue weighted by Gasteiger charge is 2.52. The molecule has 2 N–H and O–H groups in total. The zero-order valence-electron chi connectivity index (χ0n) is 14.8. The maximum atomic E-state index is 9.71. The van der Waals surface area contributed by atoms with Gasteiger partial charge in [0, 0.05) is 6.54 Å². The van der Waals surface area contributed by atoms with Crippen LogP contribution in [0.2, 0.25) is 0 Å². The Bertz CT molecular complexity index is 582. The first-order valence-corrected chi connectivity index (χ1v) is 7.78. The van der Waals surface area contributed by atoms with Crippen LogP contribution in [-0.4, -0.2) is 44.1 Å².